The molecule has 0 radical (unpaired) electrons. The number of benzene rings is 2. The molecular formula is C24H23NO5. The zero-order valence-corrected chi connectivity index (χ0v) is 17.3. The molecule has 0 saturated heterocycles. The number of hydrogen-bond donors (Lipinski definition) is 0. The molecule has 0 saturated carbocycles. The Labute approximate surface area is 175 Å². The van der Waals surface area contributed by atoms with Crippen LogP contribution in [0.2, 0.25) is 0 Å². The van der Waals surface area contributed by atoms with Gasteiger partial charge in [0.15, 0.2) is 0 Å². The third-order valence-corrected chi connectivity index (χ3v) is 5.14. The fourth-order valence-electron chi connectivity index (χ4n) is 3.54. The summed E-state index contributed by atoms with van der Waals surface area (Å²) < 4.78 is 9.64. The average Bonchev–Trinajstić information content (AvgIpc) is 3.02. The average molecular weight is 405 g/mol. The van der Waals surface area contributed by atoms with Gasteiger partial charge < -0.3 is 14.4 Å². The van der Waals surface area contributed by atoms with Gasteiger partial charge in [-0.15, -0.1) is 0 Å². The van der Waals surface area contributed by atoms with Gasteiger partial charge >= 0.3 is 11.9 Å². The minimum absolute atomic E-state index is 0.238. The summed E-state index contributed by atoms with van der Waals surface area (Å²) in [7, 11) is 2.60. The largest absolute Gasteiger partial charge is 0.465 e. The van der Waals surface area contributed by atoms with Gasteiger partial charge in [0.25, 0.3) is 5.91 Å². The van der Waals surface area contributed by atoms with Crippen molar-refractivity contribution in [2.24, 2.45) is 0 Å². The fraction of sp³-hybridized carbons (Fsp3) is 0.208. The molecule has 1 atom stereocenters. The Morgan fingerprint density at radius 2 is 1.53 bits per heavy atom. The summed E-state index contributed by atoms with van der Waals surface area (Å²) >= 11 is 0. The third-order valence-electron chi connectivity index (χ3n) is 5.14. The van der Waals surface area contributed by atoms with E-state index in [0.717, 1.165) is 5.56 Å². The summed E-state index contributed by atoms with van der Waals surface area (Å²) in [5.74, 6) is -1.29. The van der Waals surface area contributed by atoms with E-state index in [9.17, 15) is 14.4 Å². The monoisotopic (exact) mass is 405 g/mol. The van der Waals surface area contributed by atoms with Crippen molar-refractivity contribution in [2.75, 3.05) is 14.2 Å². The number of rotatable bonds is 5. The number of nitrogens with zero attached hydrogens (tertiary/aromatic N) is 1. The van der Waals surface area contributed by atoms with E-state index in [1.54, 1.807) is 42.2 Å². The Bertz CT molecular complexity index is 1040. The van der Waals surface area contributed by atoms with E-state index in [-0.39, 0.29) is 23.1 Å². The topological polar surface area (TPSA) is 72.9 Å². The van der Waals surface area contributed by atoms with Crippen LogP contribution in [0.25, 0.3) is 6.08 Å². The summed E-state index contributed by atoms with van der Waals surface area (Å²) in [6, 6.07) is 16.0. The summed E-state index contributed by atoms with van der Waals surface area (Å²) in [6.45, 7) is 3.66. The Balaban J connectivity index is 2.03. The van der Waals surface area contributed by atoms with Crippen LogP contribution in [0, 0.1) is 0 Å². The van der Waals surface area contributed by atoms with Crippen LogP contribution in [-0.2, 0) is 19.1 Å². The lowest BCUT2D eigenvalue weighted by molar-refractivity contribution is -0.136. The zero-order chi connectivity index (χ0) is 21.8. The summed E-state index contributed by atoms with van der Waals surface area (Å²) in [6.07, 6.45) is 1.64. The third kappa shape index (κ3) is 3.89. The molecule has 1 heterocycles. The van der Waals surface area contributed by atoms with Crippen LogP contribution in [0.3, 0.4) is 0 Å². The molecule has 0 aromatic heterocycles. The lowest BCUT2D eigenvalue weighted by Gasteiger charge is -2.26. The highest BCUT2D eigenvalue weighted by atomic mass is 16.5. The minimum atomic E-state index is -0.568. The van der Waals surface area contributed by atoms with Gasteiger partial charge in [0, 0.05) is 5.70 Å². The second-order valence-corrected chi connectivity index (χ2v) is 6.89. The Morgan fingerprint density at radius 3 is 2.10 bits per heavy atom. The van der Waals surface area contributed by atoms with Crippen molar-refractivity contribution in [3.05, 3.63) is 88.1 Å². The summed E-state index contributed by atoms with van der Waals surface area (Å²) in [4.78, 5) is 39.1. The quantitative estimate of drug-likeness (QED) is 0.557. The number of amides is 1. The van der Waals surface area contributed by atoms with E-state index in [1.165, 1.54) is 14.2 Å². The highest BCUT2D eigenvalue weighted by Crippen LogP contribution is 2.37. The first-order valence-corrected chi connectivity index (χ1v) is 9.47. The Morgan fingerprint density at radius 1 is 0.933 bits per heavy atom. The molecule has 1 aliphatic heterocycles. The molecule has 1 amide bonds. The molecule has 6 heteroatoms. The molecule has 0 unspecified atom stereocenters. The molecule has 1 aliphatic rings. The molecule has 0 aliphatic carbocycles. The van der Waals surface area contributed by atoms with Gasteiger partial charge in [0.05, 0.1) is 37.0 Å². The highest BCUT2D eigenvalue weighted by Gasteiger charge is 2.39. The summed E-state index contributed by atoms with van der Waals surface area (Å²) in [5, 5.41) is 0. The first-order valence-electron chi connectivity index (χ1n) is 9.47. The van der Waals surface area contributed by atoms with Gasteiger partial charge in [-0.1, -0.05) is 42.5 Å². The number of allylic oxidation sites excluding steroid dienone is 1. The van der Waals surface area contributed by atoms with Crippen molar-refractivity contribution in [3.8, 4) is 0 Å². The van der Waals surface area contributed by atoms with Gasteiger partial charge in [0.1, 0.15) is 0 Å². The molecule has 6 nitrogen and oxygen atoms in total. The maximum atomic E-state index is 13.3. The molecule has 0 bridgehead atoms. The van der Waals surface area contributed by atoms with Crippen LogP contribution in [-0.4, -0.2) is 37.0 Å². The first-order chi connectivity index (χ1) is 14.4. The molecule has 0 spiro atoms. The van der Waals surface area contributed by atoms with Gasteiger partial charge in [-0.2, -0.15) is 0 Å². The van der Waals surface area contributed by atoms with E-state index in [0.29, 0.717) is 16.8 Å². The lowest BCUT2D eigenvalue weighted by atomic mass is 10.0. The van der Waals surface area contributed by atoms with E-state index >= 15 is 0 Å². The highest BCUT2D eigenvalue weighted by molar-refractivity contribution is 6.16. The molecule has 154 valence electrons. The van der Waals surface area contributed by atoms with Crippen molar-refractivity contribution < 1.29 is 23.9 Å². The van der Waals surface area contributed by atoms with Gasteiger partial charge in [0.2, 0.25) is 0 Å². The Kier molecular flexibility index (Phi) is 6.16. The normalized spacial score (nSPS) is 16.1. The zero-order valence-electron chi connectivity index (χ0n) is 17.3. The predicted molar refractivity (Wildman–Crippen MR) is 112 cm³/mol. The van der Waals surface area contributed by atoms with Crippen LogP contribution >= 0.6 is 0 Å². The van der Waals surface area contributed by atoms with E-state index < -0.39 is 11.9 Å². The van der Waals surface area contributed by atoms with E-state index in [1.807, 2.05) is 37.3 Å². The summed E-state index contributed by atoms with van der Waals surface area (Å²) in [5.41, 5.74) is 3.07. The SMILES string of the molecule is COC(=O)C1=C(C)N([C@@H](C)c2ccccc2)C(=O)/C1=C\c1ccc(C(=O)OC)cc1. The number of carbonyl (C=O) groups excluding carboxylic acids is 3. The molecule has 30 heavy (non-hydrogen) atoms. The van der Waals surface area contributed by atoms with Gasteiger partial charge in [-0.25, -0.2) is 9.59 Å². The number of carbonyl (C=O) groups is 3. The molecule has 2 aromatic rings. The van der Waals surface area contributed by atoms with Crippen molar-refractivity contribution in [1.82, 2.24) is 4.90 Å². The van der Waals surface area contributed by atoms with Crippen LogP contribution in [0.1, 0.15) is 41.4 Å². The van der Waals surface area contributed by atoms with Crippen molar-refractivity contribution >= 4 is 23.9 Å². The minimum Gasteiger partial charge on any atom is -0.465 e. The maximum absolute atomic E-state index is 13.3. The molecule has 3 rings (SSSR count). The smallest absolute Gasteiger partial charge is 0.340 e. The van der Waals surface area contributed by atoms with Gasteiger partial charge in [-0.05, 0) is 43.2 Å². The number of methoxy groups -OCH3 is 2. The number of ether oxygens (including phenoxy) is 2. The van der Waals surface area contributed by atoms with Crippen molar-refractivity contribution in [1.29, 1.82) is 0 Å². The standard InChI is InChI=1S/C24H23NO5/c1-15(18-8-6-5-7-9-18)25-16(2)21(24(28)30-4)20(22(25)26)14-17-10-12-19(13-11-17)23(27)29-3/h5-15H,1-4H3/b20-14-/t15-/m0/s1. The lowest BCUT2D eigenvalue weighted by Crippen LogP contribution is -2.28. The van der Waals surface area contributed by atoms with Crippen molar-refractivity contribution in [2.45, 2.75) is 19.9 Å². The molecule has 0 N–H and O–H groups in total. The van der Waals surface area contributed by atoms with Gasteiger partial charge in [-0.3, -0.25) is 4.79 Å². The first kappa shape index (κ1) is 21.0. The van der Waals surface area contributed by atoms with Crippen LogP contribution in [0.5, 0.6) is 0 Å². The Hall–Kier alpha value is -3.67. The van der Waals surface area contributed by atoms with Crippen LogP contribution in [0.15, 0.2) is 71.4 Å². The number of hydrogen-bond acceptors (Lipinski definition) is 5. The molecule has 2 aromatic carbocycles. The van der Waals surface area contributed by atoms with E-state index in [2.05, 4.69) is 0 Å². The molecule has 0 fully saturated rings. The van der Waals surface area contributed by atoms with Crippen LogP contribution < -0.4 is 0 Å². The van der Waals surface area contributed by atoms with Crippen molar-refractivity contribution in [3.63, 3.8) is 0 Å². The maximum Gasteiger partial charge on any atom is 0.340 e. The molecular weight excluding hydrogens is 382 g/mol. The predicted octanol–water partition coefficient (Wildman–Crippen LogP) is 3.91. The second-order valence-electron chi connectivity index (χ2n) is 6.89. The number of esters is 2. The fourth-order valence-corrected chi connectivity index (χ4v) is 3.54. The van der Waals surface area contributed by atoms with Crippen LogP contribution in [0.4, 0.5) is 0 Å². The van der Waals surface area contributed by atoms with E-state index in [4.69, 9.17) is 9.47 Å². The second kappa shape index (κ2) is 8.78.